The monoisotopic (exact) mass is 283 g/mol. The van der Waals surface area contributed by atoms with Gasteiger partial charge in [-0.2, -0.15) is 5.26 Å². The van der Waals surface area contributed by atoms with Gasteiger partial charge in [0.05, 0.1) is 11.6 Å². The molecule has 0 fully saturated rings. The van der Waals surface area contributed by atoms with Crippen LogP contribution < -0.4 is 15.9 Å². The first-order valence-electron chi connectivity index (χ1n) is 6.29. The minimum atomic E-state index is -1.64. The van der Waals surface area contributed by atoms with Crippen LogP contribution >= 0.6 is 0 Å². The van der Waals surface area contributed by atoms with E-state index in [1.54, 1.807) is 25.1 Å². The summed E-state index contributed by atoms with van der Waals surface area (Å²) in [5.41, 5.74) is 7.26. The Balaban J connectivity index is 2.24. The number of nitrogens with zero attached hydrogens (tertiary/aromatic N) is 2. The molecule has 21 heavy (non-hydrogen) atoms. The Kier molecular flexibility index (Phi) is 4.43. The van der Waals surface area contributed by atoms with Crippen LogP contribution in [0.4, 0.5) is 5.82 Å². The Bertz CT molecular complexity index is 685. The molecule has 0 aliphatic carbocycles. The predicted octanol–water partition coefficient (Wildman–Crippen LogP) is 0.355. The molecule has 0 saturated carbocycles. The molecule has 4 N–H and O–H groups in total. The zero-order valence-corrected chi connectivity index (χ0v) is 11.4. The molecule has 7 heteroatoms. The lowest BCUT2D eigenvalue weighted by molar-refractivity contribution is 0.227. The lowest BCUT2D eigenvalue weighted by Crippen LogP contribution is -2.30. The highest BCUT2D eigenvalue weighted by Crippen LogP contribution is 2.25. The predicted molar refractivity (Wildman–Crippen MR) is 78.7 cm³/mol. The van der Waals surface area contributed by atoms with Crippen LogP contribution in [0.2, 0.25) is 0 Å². The fraction of sp³-hybridized carbons (Fsp3) is 0.143. The van der Waals surface area contributed by atoms with E-state index in [0.29, 0.717) is 5.56 Å². The standard InChI is InChI=1S/C14H14BN3O3/c1-9(11-4-2-3-10(5-11)7-16)21-13-6-12(15(19)20)8-18-14(13)17/h2-6,8-9,19-20H,1H3,(H2,17,18). The fourth-order valence-electron chi connectivity index (χ4n) is 1.83. The van der Waals surface area contributed by atoms with E-state index in [0.717, 1.165) is 5.56 Å². The summed E-state index contributed by atoms with van der Waals surface area (Å²) in [4.78, 5) is 3.86. The molecule has 0 bridgehead atoms. The maximum Gasteiger partial charge on any atom is 0.490 e. The molecule has 0 radical (unpaired) electrons. The topological polar surface area (TPSA) is 112 Å². The second-order valence-electron chi connectivity index (χ2n) is 4.52. The Hall–Kier alpha value is -2.56. The molecule has 6 nitrogen and oxygen atoms in total. The van der Waals surface area contributed by atoms with Crippen molar-refractivity contribution in [1.29, 1.82) is 5.26 Å². The van der Waals surface area contributed by atoms with Crippen LogP contribution in [0.3, 0.4) is 0 Å². The largest absolute Gasteiger partial charge is 0.490 e. The summed E-state index contributed by atoms with van der Waals surface area (Å²) < 4.78 is 5.70. The van der Waals surface area contributed by atoms with Gasteiger partial charge in [-0.25, -0.2) is 4.98 Å². The number of benzene rings is 1. The maximum atomic E-state index is 9.14. The number of nitrogen functional groups attached to an aromatic ring is 1. The quantitative estimate of drug-likeness (QED) is 0.698. The van der Waals surface area contributed by atoms with Gasteiger partial charge in [0.1, 0.15) is 6.10 Å². The van der Waals surface area contributed by atoms with E-state index in [2.05, 4.69) is 11.1 Å². The molecule has 0 aliphatic heterocycles. The molecule has 0 spiro atoms. The van der Waals surface area contributed by atoms with Crippen molar-refractivity contribution in [2.45, 2.75) is 13.0 Å². The summed E-state index contributed by atoms with van der Waals surface area (Å²) in [5, 5.41) is 27.2. The second kappa shape index (κ2) is 6.26. The number of hydrogen-bond donors (Lipinski definition) is 3. The molecule has 106 valence electrons. The summed E-state index contributed by atoms with van der Waals surface area (Å²) in [6.07, 6.45) is 0.905. The Morgan fingerprint density at radius 1 is 1.38 bits per heavy atom. The summed E-state index contributed by atoms with van der Waals surface area (Å²) in [6.45, 7) is 1.80. The number of ether oxygens (including phenoxy) is 1. The van der Waals surface area contributed by atoms with Gasteiger partial charge >= 0.3 is 7.12 Å². The molecule has 0 aliphatic rings. The summed E-state index contributed by atoms with van der Waals surface area (Å²) >= 11 is 0. The van der Waals surface area contributed by atoms with Crippen molar-refractivity contribution >= 4 is 18.4 Å². The Labute approximate surface area is 122 Å². The molecule has 0 saturated heterocycles. The highest BCUT2D eigenvalue weighted by molar-refractivity contribution is 6.58. The van der Waals surface area contributed by atoms with Gasteiger partial charge in [-0.05, 0) is 30.7 Å². The minimum absolute atomic E-state index is 0.155. The van der Waals surface area contributed by atoms with Crippen molar-refractivity contribution in [2.24, 2.45) is 0 Å². The number of nitriles is 1. The zero-order valence-electron chi connectivity index (χ0n) is 11.4. The molecule has 0 amide bonds. The molecule has 1 unspecified atom stereocenters. The SMILES string of the molecule is CC(Oc1cc(B(O)O)cnc1N)c1cccc(C#N)c1. The zero-order chi connectivity index (χ0) is 15.4. The van der Waals surface area contributed by atoms with Gasteiger partial charge in [0.25, 0.3) is 0 Å². The van der Waals surface area contributed by atoms with E-state index >= 15 is 0 Å². The second-order valence-corrected chi connectivity index (χ2v) is 4.52. The number of pyridine rings is 1. The van der Waals surface area contributed by atoms with Crippen LogP contribution in [0.15, 0.2) is 36.5 Å². The number of anilines is 1. The summed E-state index contributed by atoms with van der Waals surface area (Å²) in [7, 11) is -1.64. The van der Waals surface area contributed by atoms with Crippen LogP contribution in [0.1, 0.15) is 24.2 Å². The lowest BCUT2D eigenvalue weighted by atomic mass is 9.81. The molecule has 1 aromatic carbocycles. The van der Waals surface area contributed by atoms with Gasteiger partial charge < -0.3 is 20.5 Å². The first-order chi connectivity index (χ1) is 10.0. The highest BCUT2D eigenvalue weighted by atomic mass is 16.5. The average Bonchev–Trinajstić information content (AvgIpc) is 2.49. The third-order valence-corrected chi connectivity index (χ3v) is 2.99. The molecule has 2 rings (SSSR count). The van der Waals surface area contributed by atoms with Crippen LogP contribution in [-0.4, -0.2) is 22.2 Å². The molecular formula is C14H14BN3O3. The number of nitrogens with two attached hydrogens (primary N) is 1. The molecule has 2 aromatic rings. The summed E-state index contributed by atoms with van der Waals surface area (Å²) in [6, 6.07) is 10.5. The third kappa shape index (κ3) is 3.51. The van der Waals surface area contributed by atoms with E-state index in [1.807, 2.05) is 6.07 Å². The molecular weight excluding hydrogens is 269 g/mol. The molecule has 1 aromatic heterocycles. The van der Waals surface area contributed by atoms with E-state index < -0.39 is 7.12 Å². The van der Waals surface area contributed by atoms with Gasteiger partial charge in [-0.3, -0.25) is 0 Å². The van der Waals surface area contributed by atoms with Gasteiger partial charge in [0.15, 0.2) is 11.6 Å². The van der Waals surface area contributed by atoms with Crippen molar-refractivity contribution in [2.75, 3.05) is 5.73 Å². The smallest absolute Gasteiger partial charge is 0.482 e. The number of aromatic nitrogens is 1. The van der Waals surface area contributed by atoms with Crippen molar-refractivity contribution in [1.82, 2.24) is 4.98 Å². The summed E-state index contributed by atoms with van der Waals surface area (Å²) in [5.74, 6) is 0.415. The van der Waals surface area contributed by atoms with Gasteiger partial charge in [0.2, 0.25) is 0 Å². The van der Waals surface area contributed by atoms with Crippen molar-refractivity contribution in [3.8, 4) is 11.8 Å². The number of rotatable bonds is 4. The van der Waals surface area contributed by atoms with Crippen molar-refractivity contribution in [3.05, 3.63) is 47.7 Å². The fourth-order valence-corrected chi connectivity index (χ4v) is 1.83. The van der Waals surface area contributed by atoms with E-state index in [1.165, 1.54) is 12.3 Å². The molecule has 1 atom stereocenters. The highest BCUT2D eigenvalue weighted by Gasteiger charge is 2.16. The van der Waals surface area contributed by atoms with Gasteiger partial charge in [-0.1, -0.05) is 12.1 Å². The van der Waals surface area contributed by atoms with Gasteiger partial charge in [0, 0.05) is 11.7 Å². The Morgan fingerprint density at radius 2 is 2.14 bits per heavy atom. The maximum absolute atomic E-state index is 9.14. The van der Waals surface area contributed by atoms with E-state index in [4.69, 9.17) is 25.8 Å². The van der Waals surface area contributed by atoms with Crippen LogP contribution in [0.5, 0.6) is 5.75 Å². The first kappa shape index (κ1) is 14.8. The normalized spacial score (nSPS) is 11.5. The van der Waals surface area contributed by atoms with Crippen LogP contribution in [0, 0.1) is 11.3 Å². The average molecular weight is 283 g/mol. The number of hydrogen-bond acceptors (Lipinski definition) is 6. The third-order valence-electron chi connectivity index (χ3n) is 2.99. The lowest BCUT2D eigenvalue weighted by Gasteiger charge is -2.17. The minimum Gasteiger partial charge on any atom is -0.482 e. The van der Waals surface area contributed by atoms with Gasteiger partial charge in [-0.15, -0.1) is 0 Å². The van der Waals surface area contributed by atoms with Crippen LogP contribution in [-0.2, 0) is 0 Å². The van der Waals surface area contributed by atoms with Crippen molar-refractivity contribution in [3.63, 3.8) is 0 Å². The Morgan fingerprint density at radius 3 is 2.81 bits per heavy atom. The first-order valence-corrected chi connectivity index (χ1v) is 6.29. The van der Waals surface area contributed by atoms with E-state index in [9.17, 15) is 0 Å². The van der Waals surface area contributed by atoms with Crippen molar-refractivity contribution < 1.29 is 14.8 Å². The molecule has 1 heterocycles. The van der Waals surface area contributed by atoms with Crippen LogP contribution in [0.25, 0.3) is 0 Å². The van der Waals surface area contributed by atoms with E-state index in [-0.39, 0.29) is 23.1 Å².